The van der Waals surface area contributed by atoms with Crippen molar-refractivity contribution in [2.75, 3.05) is 20.3 Å². The lowest BCUT2D eigenvalue weighted by Crippen LogP contribution is -2.68. The van der Waals surface area contributed by atoms with E-state index in [2.05, 4.69) is 10.2 Å². The molecule has 24 heavy (non-hydrogen) atoms. The zero-order valence-corrected chi connectivity index (χ0v) is 13.6. The van der Waals surface area contributed by atoms with Gasteiger partial charge in [0.15, 0.2) is 0 Å². The maximum atomic E-state index is 12.2. The van der Waals surface area contributed by atoms with Crippen LogP contribution in [0.15, 0.2) is 30.3 Å². The molecule has 2 N–H and O–H groups in total. The second-order valence-electron chi connectivity index (χ2n) is 6.49. The molecular formula is C17H22N2O5. The Balaban J connectivity index is 1.66. The number of ether oxygens (including phenoxy) is 2. The zero-order chi connectivity index (χ0) is 17.2. The van der Waals surface area contributed by atoms with E-state index in [-0.39, 0.29) is 18.7 Å². The Morgan fingerprint density at radius 1 is 1.29 bits per heavy atom. The number of morpholine rings is 1. The Bertz CT molecular complexity index is 592. The van der Waals surface area contributed by atoms with Crippen LogP contribution in [0.1, 0.15) is 18.4 Å². The van der Waals surface area contributed by atoms with Crippen molar-refractivity contribution in [2.45, 2.75) is 37.1 Å². The van der Waals surface area contributed by atoms with E-state index in [0.29, 0.717) is 26.1 Å². The number of aliphatic carboxylic acids is 1. The highest BCUT2D eigenvalue weighted by Crippen LogP contribution is 2.33. The topological polar surface area (TPSA) is 88.1 Å². The average Bonchev–Trinajstić information content (AvgIpc) is 2.55. The van der Waals surface area contributed by atoms with E-state index in [1.165, 1.54) is 0 Å². The van der Waals surface area contributed by atoms with Crippen LogP contribution in [-0.4, -0.2) is 60.0 Å². The summed E-state index contributed by atoms with van der Waals surface area (Å²) >= 11 is 0. The van der Waals surface area contributed by atoms with Gasteiger partial charge in [-0.2, -0.15) is 0 Å². The first-order valence-corrected chi connectivity index (χ1v) is 8.02. The summed E-state index contributed by atoms with van der Waals surface area (Å²) < 4.78 is 10.7. The summed E-state index contributed by atoms with van der Waals surface area (Å²) in [6.07, 6.45) is -0.101. The van der Waals surface area contributed by atoms with Crippen LogP contribution in [0.2, 0.25) is 0 Å². The van der Waals surface area contributed by atoms with Crippen LogP contribution < -0.4 is 5.32 Å². The number of hydrogen-bond acceptors (Lipinski definition) is 5. The molecule has 2 atom stereocenters. The predicted octanol–water partition coefficient (Wildman–Crippen LogP) is 1.23. The van der Waals surface area contributed by atoms with Crippen molar-refractivity contribution in [3.05, 3.63) is 35.9 Å². The third-order valence-corrected chi connectivity index (χ3v) is 4.90. The van der Waals surface area contributed by atoms with Crippen molar-refractivity contribution in [3.8, 4) is 0 Å². The van der Waals surface area contributed by atoms with Gasteiger partial charge in [0.05, 0.1) is 13.2 Å². The van der Waals surface area contributed by atoms with Gasteiger partial charge in [0.25, 0.3) is 0 Å². The minimum atomic E-state index is -1.31. The van der Waals surface area contributed by atoms with E-state index in [4.69, 9.17) is 9.47 Å². The Labute approximate surface area is 140 Å². The molecule has 2 aliphatic rings. The van der Waals surface area contributed by atoms with E-state index in [1.54, 1.807) is 0 Å². The van der Waals surface area contributed by atoms with Crippen LogP contribution in [0, 0.1) is 0 Å². The molecule has 3 rings (SSSR count). The van der Waals surface area contributed by atoms with Crippen LogP contribution in [0.25, 0.3) is 0 Å². The number of fused-ring (bicyclic) bond motifs is 2. The van der Waals surface area contributed by atoms with Gasteiger partial charge in [-0.05, 0) is 25.5 Å². The lowest BCUT2D eigenvalue weighted by Gasteiger charge is -2.50. The number of hydrogen-bond donors (Lipinski definition) is 2. The van der Waals surface area contributed by atoms with Crippen molar-refractivity contribution >= 4 is 12.1 Å². The normalized spacial score (nSPS) is 29.7. The summed E-state index contributed by atoms with van der Waals surface area (Å²) in [5.41, 5.74) is -0.454. The van der Waals surface area contributed by atoms with Gasteiger partial charge in [0.2, 0.25) is 0 Å². The highest BCUT2D eigenvalue weighted by molar-refractivity contribution is 5.84. The molecule has 0 spiro atoms. The van der Waals surface area contributed by atoms with Gasteiger partial charge in [0.1, 0.15) is 12.1 Å². The van der Waals surface area contributed by atoms with Crippen LogP contribution >= 0.6 is 0 Å². The lowest BCUT2D eigenvalue weighted by atomic mass is 9.78. The number of piperidine rings is 1. The van der Waals surface area contributed by atoms with Crippen molar-refractivity contribution < 1.29 is 24.2 Å². The minimum Gasteiger partial charge on any atom is -0.480 e. The fourth-order valence-electron chi connectivity index (χ4n) is 3.45. The number of likely N-dealkylation sites (N-methyl/N-ethyl adjacent to an activating group) is 1. The van der Waals surface area contributed by atoms with Crippen LogP contribution in [0.4, 0.5) is 4.79 Å². The lowest BCUT2D eigenvalue weighted by molar-refractivity contribution is -0.154. The molecular weight excluding hydrogens is 312 g/mol. The molecule has 1 amide bonds. The average molecular weight is 334 g/mol. The molecule has 1 aromatic rings. The number of rotatable bonds is 4. The molecule has 0 aromatic heterocycles. The quantitative estimate of drug-likeness (QED) is 0.861. The molecule has 0 radical (unpaired) electrons. The fraction of sp³-hybridized carbons (Fsp3) is 0.529. The third-order valence-electron chi connectivity index (χ3n) is 4.90. The molecule has 130 valence electrons. The number of carbonyl (C=O) groups excluding carboxylic acids is 1. The molecule has 2 bridgehead atoms. The first-order chi connectivity index (χ1) is 11.5. The number of alkyl carbamates (subject to hydrolysis) is 1. The Hall–Kier alpha value is -2.12. The number of carboxylic acids is 1. The van der Waals surface area contributed by atoms with E-state index in [9.17, 15) is 14.7 Å². The second-order valence-corrected chi connectivity index (χ2v) is 6.49. The number of amides is 1. The number of nitrogens with zero attached hydrogens (tertiary/aromatic N) is 1. The second kappa shape index (κ2) is 6.78. The van der Waals surface area contributed by atoms with Crippen molar-refractivity contribution in [3.63, 3.8) is 0 Å². The van der Waals surface area contributed by atoms with Crippen molar-refractivity contribution in [2.24, 2.45) is 0 Å². The van der Waals surface area contributed by atoms with Crippen LogP contribution in [0.3, 0.4) is 0 Å². The maximum absolute atomic E-state index is 12.2. The van der Waals surface area contributed by atoms with E-state index < -0.39 is 17.6 Å². The third kappa shape index (κ3) is 3.37. The smallest absolute Gasteiger partial charge is 0.408 e. The summed E-state index contributed by atoms with van der Waals surface area (Å²) in [6.45, 7) is 1.06. The molecule has 2 saturated heterocycles. The zero-order valence-electron chi connectivity index (χ0n) is 13.6. The van der Waals surface area contributed by atoms with Gasteiger partial charge in [-0.3, -0.25) is 4.90 Å². The molecule has 7 heteroatoms. The molecule has 0 aliphatic carbocycles. The first kappa shape index (κ1) is 16.7. The van der Waals surface area contributed by atoms with Gasteiger partial charge in [0, 0.05) is 12.1 Å². The molecule has 1 aromatic carbocycles. The summed E-state index contributed by atoms with van der Waals surface area (Å²) in [5, 5.41) is 12.3. The first-order valence-electron chi connectivity index (χ1n) is 8.02. The van der Waals surface area contributed by atoms with Crippen LogP contribution in [0.5, 0.6) is 0 Å². The standard InChI is InChI=1S/C17H22N2O5/c1-19-13-7-17(15(20)21,8-14(19)11-23-10-13)18-16(22)24-9-12-5-3-2-4-6-12/h2-6,13-14H,7-11H2,1H3,(H,18,22)(H,20,21). The minimum absolute atomic E-state index is 0.0250. The van der Waals surface area contributed by atoms with Gasteiger partial charge < -0.3 is 19.9 Å². The van der Waals surface area contributed by atoms with Gasteiger partial charge in [-0.15, -0.1) is 0 Å². The summed E-state index contributed by atoms with van der Waals surface area (Å²) in [4.78, 5) is 26.2. The summed E-state index contributed by atoms with van der Waals surface area (Å²) in [6, 6.07) is 9.23. The van der Waals surface area contributed by atoms with Crippen molar-refractivity contribution in [1.82, 2.24) is 10.2 Å². The van der Waals surface area contributed by atoms with Crippen molar-refractivity contribution in [1.29, 1.82) is 0 Å². The Morgan fingerprint density at radius 2 is 1.92 bits per heavy atom. The number of carboxylic acid groups (broad SMARTS) is 1. The largest absolute Gasteiger partial charge is 0.480 e. The van der Waals surface area contributed by atoms with E-state index in [1.807, 2.05) is 37.4 Å². The molecule has 2 unspecified atom stereocenters. The highest BCUT2D eigenvalue weighted by atomic mass is 16.5. The predicted molar refractivity (Wildman–Crippen MR) is 85.5 cm³/mol. The summed E-state index contributed by atoms with van der Waals surface area (Å²) in [7, 11) is 1.97. The molecule has 2 aliphatic heterocycles. The molecule has 2 heterocycles. The SMILES string of the molecule is CN1C2COCC1CC(NC(=O)OCc1ccccc1)(C(=O)O)C2. The molecule has 2 fully saturated rings. The molecule has 7 nitrogen and oxygen atoms in total. The number of carbonyl (C=O) groups is 2. The molecule has 0 saturated carbocycles. The van der Waals surface area contributed by atoms with Gasteiger partial charge in [-0.25, -0.2) is 9.59 Å². The fourth-order valence-corrected chi connectivity index (χ4v) is 3.45. The van der Waals surface area contributed by atoms with E-state index >= 15 is 0 Å². The Morgan fingerprint density at radius 3 is 2.50 bits per heavy atom. The van der Waals surface area contributed by atoms with Gasteiger partial charge in [-0.1, -0.05) is 30.3 Å². The highest BCUT2D eigenvalue weighted by Gasteiger charge is 2.51. The number of nitrogens with one attached hydrogen (secondary N) is 1. The summed E-state index contributed by atoms with van der Waals surface area (Å²) in [5.74, 6) is -1.02. The van der Waals surface area contributed by atoms with Crippen LogP contribution in [-0.2, 0) is 20.9 Å². The number of benzene rings is 1. The monoisotopic (exact) mass is 334 g/mol. The van der Waals surface area contributed by atoms with Gasteiger partial charge >= 0.3 is 12.1 Å². The Kier molecular flexibility index (Phi) is 4.73. The maximum Gasteiger partial charge on any atom is 0.408 e. The van der Waals surface area contributed by atoms with E-state index in [0.717, 1.165) is 5.56 Å².